The molecule has 1 aromatic rings. The summed E-state index contributed by atoms with van der Waals surface area (Å²) in [5, 5.41) is 3.59. The van der Waals surface area contributed by atoms with Crippen molar-refractivity contribution in [2.75, 3.05) is 38.0 Å². The van der Waals surface area contributed by atoms with Crippen molar-refractivity contribution in [3.05, 3.63) is 11.1 Å². The number of carbonyl (C=O) groups is 1. The zero-order valence-corrected chi connectivity index (χ0v) is 12.7. The molecule has 1 aliphatic heterocycles. The Morgan fingerprint density at radius 3 is 2.68 bits per heavy atom. The molecule has 2 rings (SSSR count). The predicted octanol–water partition coefficient (Wildman–Crippen LogP) is 1.42. The summed E-state index contributed by atoms with van der Waals surface area (Å²) in [5.41, 5.74) is 0. The lowest BCUT2D eigenvalue weighted by Gasteiger charge is -2.36. The van der Waals surface area contributed by atoms with Gasteiger partial charge in [-0.15, -0.1) is 11.3 Å². The first kappa shape index (κ1) is 14.4. The molecule has 1 atom stereocenters. The van der Waals surface area contributed by atoms with Gasteiger partial charge in [-0.05, 0) is 20.4 Å². The van der Waals surface area contributed by atoms with Gasteiger partial charge in [0.05, 0.1) is 6.04 Å². The Morgan fingerprint density at radius 2 is 2.16 bits per heavy atom. The Kier molecular flexibility index (Phi) is 4.90. The highest BCUT2D eigenvalue weighted by Gasteiger charge is 2.25. The standard InChI is InChI=1S/C13H22N4OS/c1-4-16-5-7-17(8-6-16)11(3)12(18)15-13-14-9-10(2)19-13/h9,11H,4-8H2,1-3H3,(H,14,15,18). The van der Waals surface area contributed by atoms with Crippen molar-refractivity contribution in [3.8, 4) is 0 Å². The van der Waals surface area contributed by atoms with Gasteiger partial charge in [0.25, 0.3) is 0 Å². The van der Waals surface area contributed by atoms with Crippen molar-refractivity contribution in [2.45, 2.75) is 26.8 Å². The van der Waals surface area contributed by atoms with Gasteiger partial charge in [-0.3, -0.25) is 9.69 Å². The van der Waals surface area contributed by atoms with Crippen LogP contribution in [0.3, 0.4) is 0 Å². The highest BCUT2D eigenvalue weighted by Crippen LogP contribution is 2.17. The monoisotopic (exact) mass is 282 g/mol. The van der Waals surface area contributed by atoms with Gasteiger partial charge >= 0.3 is 0 Å². The zero-order valence-electron chi connectivity index (χ0n) is 11.8. The van der Waals surface area contributed by atoms with E-state index in [4.69, 9.17) is 0 Å². The van der Waals surface area contributed by atoms with Gasteiger partial charge in [-0.1, -0.05) is 6.92 Å². The minimum atomic E-state index is -0.0942. The topological polar surface area (TPSA) is 48.5 Å². The maximum Gasteiger partial charge on any atom is 0.243 e. The molecule has 1 aromatic heterocycles. The number of nitrogens with one attached hydrogen (secondary N) is 1. The Bertz CT molecular complexity index is 426. The first-order chi connectivity index (χ1) is 9.10. The molecule has 106 valence electrons. The first-order valence-electron chi connectivity index (χ1n) is 6.80. The van der Waals surface area contributed by atoms with Crippen LogP contribution in [0, 0.1) is 6.92 Å². The van der Waals surface area contributed by atoms with Crippen molar-refractivity contribution in [3.63, 3.8) is 0 Å². The van der Waals surface area contributed by atoms with Gasteiger partial charge in [0.15, 0.2) is 5.13 Å². The molecule has 0 aromatic carbocycles. The molecule has 0 bridgehead atoms. The molecule has 0 saturated carbocycles. The summed E-state index contributed by atoms with van der Waals surface area (Å²) < 4.78 is 0. The second-order valence-electron chi connectivity index (χ2n) is 4.91. The van der Waals surface area contributed by atoms with Crippen molar-refractivity contribution in [1.82, 2.24) is 14.8 Å². The summed E-state index contributed by atoms with van der Waals surface area (Å²) in [5.74, 6) is 0.0410. The number of piperazine rings is 1. The minimum Gasteiger partial charge on any atom is -0.301 e. The first-order valence-corrected chi connectivity index (χ1v) is 7.61. The van der Waals surface area contributed by atoms with Gasteiger partial charge < -0.3 is 10.2 Å². The number of aryl methyl sites for hydroxylation is 1. The maximum atomic E-state index is 12.2. The van der Waals surface area contributed by atoms with Gasteiger partial charge in [-0.25, -0.2) is 4.98 Å². The number of thiazole rings is 1. The van der Waals surface area contributed by atoms with Crippen LogP contribution in [0.5, 0.6) is 0 Å². The fourth-order valence-electron chi connectivity index (χ4n) is 2.26. The van der Waals surface area contributed by atoms with Crippen LogP contribution in [-0.2, 0) is 4.79 Å². The smallest absolute Gasteiger partial charge is 0.243 e. The van der Waals surface area contributed by atoms with Gasteiger partial charge in [0, 0.05) is 37.3 Å². The van der Waals surface area contributed by atoms with Gasteiger partial charge in [-0.2, -0.15) is 0 Å². The van der Waals surface area contributed by atoms with E-state index < -0.39 is 0 Å². The summed E-state index contributed by atoms with van der Waals surface area (Å²) in [6.07, 6.45) is 1.78. The summed E-state index contributed by atoms with van der Waals surface area (Å²) in [6.45, 7) is 11.2. The van der Waals surface area contributed by atoms with Crippen LogP contribution in [0.4, 0.5) is 5.13 Å². The second kappa shape index (κ2) is 6.45. The molecular weight excluding hydrogens is 260 g/mol. The quantitative estimate of drug-likeness (QED) is 0.907. The van der Waals surface area contributed by atoms with E-state index in [9.17, 15) is 4.79 Å². The molecule has 6 heteroatoms. The van der Waals surface area contributed by atoms with Crippen LogP contribution >= 0.6 is 11.3 Å². The van der Waals surface area contributed by atoms with Crippen LogP contribution in [0.2, 0.25) is 0 Å². The molecule has 1 unspecified atom stereocenters. The second-order valence-corrected chi connectivity index (χ2v) is 6.15. The highest BCUT2D eigenvalue weighted by atomic mass is 32.1. The van der Waals surface area contributed by atoms with Crippen LogP contribution in [0.15, 0.2) is 6.20 Å². The number of amides is 1. The molecule has 0 aliphatic carbocycles. The summed E-state index contributed by atoms with van der Waals surface area (Å²) in [4.78, 5) is 22.1. The van der Waals surface area contributed by atoms with Crippen LogP contribution in [0.25, 0.3) is 0 Å². The van der Waals surface area contributed by atoms with E-state index in [1.165, 1.54) is 11.3 Å². The predicted molar refractivity (Wildman–Crippen MR) is 78.6 cm³/mol. The highest BCUT2D eigenvalue weighted by molar-refractivity contribution is 7.15. The maximum absolute atomic E-state index is 12.2. The van der Waals surface area contributed by atoms with Crippen molar-refractivity contribution in [2.24, 2.45) is 0 Å². The number of anilines is 1. The number of likely N-dealkylation sites (N-methyl/N-ethyl adjacent to an activating group) is 1. The van der Waals surface area contributed by atoms with E-state index in [1.807, 2.05) is 13.8 Å². The van der Waals surface area contributed by atoms with Crippen LogP contribution < -0.4 is 5.32 Å². The van der Waals surface area contributed by atoms with E-state index in [2.05, 4.69) is 27.0 Å². The average molecular weight is 282 g/mol. The molecular formula is C13H22N4OS. The molecule has 0 spiro atoms. The lowest BCUT2D eigenvalue weighted by atomic mass is 10.2. The van der Waals surface area contributed by atoms with E-state index in [-0.39, 0.29) is 11.9 Å². The largest absolute Gasteiger partial charge is 0.301 e. The average Bonchev–Trinajstić information content (AvgIpc) is 2.83. The normalized spacial score (nSPS) is 19.3. The molecule has 2 heterocycles. The van der Waals surface area contributed by atoms with Gasteiger partial charge in [0.2, 0.25) is 5.91 Å². The van der Waals surface area contributed by atoms with Crippen molar-refractivity contribution >= 4 is 22.4 Å². The third-order valence-corrected chi connectivity index (χ3v) is 4.46. The van der Waals surface area contributed by atoms with E-state index in [0.29, 0.717) is 5.13 Å². The third-order valence-electron chi connectivity index (χ3n) is 3.63. The Labute approximate surface area is 118 Å². The minimum absolute atomic E-state index is 0.0410. The third kappa shape index (κ3) is 3.75. The van der Waals surface area contributed by atoms with Crippen LogP contribution in [0.1, 0.15) is 18.7 Å². The number of carbonyl (C=O) groups excluding carboxylic acids is 1. The van der Waals surface area contributed by atoms with Gasteiger partial charge in [0.1, 0.15) is 0 Å². The fraction of sp³-hybridized carbons (Fsp3) is 0.692. The SMILES string of the molecule is CCN1CCN(C(C)C(=O)Nc2ncc(C)s2)CC1. The Balaban J connectivity index is 1.85. The molecule has 5 nitrogen and oxygen atoms in total. The van der Waals surface area contributed by atoms with Crippen molar-refractivity contribution < 1.29 is 4.79 Å². The summed E-state index contributed by atoms with van der Waals surface area (Å²) >= 11 is 1.51. The molecule has 1 amide bonds. The molecule has 1 N–H and O–H groups in total. The number of rotatable bonds is 4. The molecule has 1 saturated heterocycles. The van der Waals surface area contributed by atoms with E-state index in [1.54, 1.807) is 6.20 Å². The lowest BCUT2D eigenvalue weighted by Crippen LogP contribution is -2.52. The number of hydrogen-bond acceptors (Lipinski definition) is 5. The Hall–Kier alpha value is -0.980. The van der Waals surface area contributed by atoms with E-state index >= 15 is 0 Å². The van der Waals surface area contributed by atoms with Crippen LogP contribution in [-0.4, -0.2) is 59.5 Å². The molecule has 1 fully saturated rings. The fourth-order valence-corrected chi connectivity index (χ4v) is 2.92. The summed E-state index contributed by atoms with van der Waals surface area (Å²) in [6, 6.07) is -0.0942. The Morgan fingerprint density at radius 1 is 1.47 bits per heavy atom. The molecule has 0 radical (unpaired) electrons. The molecule has 1 aliphatic rings. The number of aromatic nitrogens is 1. The van der Waals surface area contributed by atoms with E-state index in [0.717, 1.165) is 37.6 Å². The van der Waals surface area contributed by atoms with Crippen molar-refractivity contribution in [1.29, 1.82) is 0 Å². The zero-order chi connectivity index (χ0) is 13.8. The number of hydrogen-bond donors (Lipinski definition) is 1. The molecule has 19 heavy (non-hydrogen) atoms. The summed E-state index contributed by atoms with van der Waals surface area (Å²) in [7, 11) is 0. The number of nitrogens with zero attached hydrogens (tertiary/aromatic N) is 3. The lowest BCUT2D eigenvalue weighted by molar-refractivity contribution is -0.121.